The summed E-state index contributed by atoms with van der Waals surface area (Å²) < 4.78 is 5.55. The molecule has 0 radical (unpaired) electrons. The third-order valence-corrected chi connectivity index (χ3v) is 4.65. The van der Waals surface area contributed by atoms with E-state index < -0.39 is 0 Å². The van der Waals surface area contributed by atoms with Gasteiger partial charge in [0.15, 0.2) is 0 Å². The van der Waals surface area contributed by atoms with Gasteiger partial charge in [-0.15, -0.1) is 0 Å². The molecule has 2 aliphatic heterocycles. The van der Waals surface area contributed by atoms with Crippen LogP contribution in [-0.2, 0) is 4.74 Å². The molecule has 2 rings (SSSR count). The summed E-state index contributed by atoms with van der Waals surface area (Å²) in [6.45, 7) is 5.02. The number of ether oxygens (including phenoxy) is 1. The van der Waals surface area contributed by atoms with Crippen molar-refractivity contribution in [2.45, 2.75) is 24.8 Å². The smallest absolute Gasteiger partial charge is 0.0484 e. The lowest BCUT2D eigenvalue weighted by atomic mass is 9.88. The third kappa shape index (κ3) is 2.67. The van der Waals surface area contributed by atoms with E-state index in [1.54, 1.807) is 0 Å². The van der Waals surface area contributed by atoms with Crippen LogP contribution in [0.3, 0.4) is 0 Å². The minimum Gasteiger partial charge on any atom is -0.381 e. The maximum Gasteiger partial charge on any atom is 0.0484 e. The van der Waals surface area contributed by atoms with Gasteiger partial charge in [0, 0.05) is 49.9 Å². The largest absolute Gasteiger partial charge is 0.381 e. The Balaban J connectivity index is 2.03. The van der Waals surface area contributed by atoms with E-state index in [-0.39, 0.29) is 5.54 Å². The Bertz CT molecular complexity index is 187. The highest BCUT2D eigenvalue weighted by Gasteiger charge is 2.36. The summed E-state index contributed by atoms with van der Waals surface area (Å²) >= 11 is 2.06. The van der Waals surface area contributed by atoms with Crippen LogP contribution in [0, 0.1) is 0 Å². The second kappa shape index (κ2) is 5.53. The van der Waals surface area contributed by atoms with Crippen molar-refractivity contribution in [2.75, 3.05) is 44.4 Å². The molecular weight excluding hydrogens is 208 g/mol. The molecule has 2 aliphatic rings. The molecule has 3 nitrogen and oxygen atoms in total. The molecule has 2 N–H and O–H groups in total. The van der Waals surface area contributed by atoms with Crippen LogP contribution in [0.5, 0.6) is 0 Å². The minimum absolute atomic E-state index is 0.248. The first kappa shape index (κ1) is 11.7. The number of hydrogen-bond donors (Lipinski definition) is 1. The molecule has 2 saturated heterocycles. The number of nitrogens with zero attached hydrogens (tertiary/aromatic N) is 1. The zero-order valence-electron chi connectivity index (χ0n) is 9.41. The van der Waals surface area contributed by atoms with Gasteiger partial charge in [-0.2, -0.15) is 11.8 Å². The topological polar surface area (TPSA) is 38.5 Å². The van der Waals surface area contributed by atoms with Crippen LogP contribution in [0.2, 0.25) is 0 Å². The van der Waals surface area contributed by atoms with Crippen LogP contribution in [0.15, 0.2) is 0 Å². The van der Waals surface area contributed by atoms with Crippen molar-refractivity contribution >= 4 is 11.8 Å². The molecule has 0 aliphatic carbocycles. The van der Waals surface area contributed by atoms with E-state index in [0.29, 0.717) is 0 Å². The predicted molar refractivity (Wildman–Crippen MR) is 65.4 cm³/mol. The summed E-state index contributed by atoms with van der Waals surface area (Å²) in [6, 6.07) is 0. The van der Waals surface area contributed by atoms with Crippen LogP contribution in [0.1, 0.15) is 19.3 Å². The van der Waals surface area contributed by atoms with Gasteiger partial charge in [0.05, 0.1) is 0 Å². The first-order valence-corrected chi connectivity index (χ1v) is 7.13. The van der Waals surface area contributed by atoms with Gasteiger partial charge >= 0.3 is 0 Å². The van der Waals surface area contributed by atoms with Gasteiger partial charge in [0.1, 0.15) is 0 Å². The average molecular weight is 230 g/mol. The van der Waals surface area contributed by atoms with Crippen LogP contribution in [0.4, 0.5) is 0 Å². The Morgan fingerprint density at radius 1 is 1.20 bits per heavy atom. The van der Waals surface area contributed by atoms with Crippen molar-refractivity contribution in [3.8, 4) is 0 Å². The summed E-state index contributed by atoms with van der Waals surface area (Å²) in [7, 11) is 0. The van der Waals surface area contributed by atoms with E-state index >= 15 is 0 Å². The molecule has 1 atom stereocenters. The molecule has 0 aromatic heterocycles. The first-order chi connectivity index (χ1) is 7.37. The SMILES string of the molecule is NCC1(N2CCSCC2)CCCOCC1. The number of hydrogen-bond acceptors (Lipinski definition) is 4. The predicted octanol–water partition coefficient (Wildman–Crippen LogP) is 0.933. The Morgan fingerprint density at radius 3 is 2.73 bits per heavy atom. The van der Waals surface area contributed by atoms with Crippen LogP contribution in [-0.4, -0.2) is 54.8 Å². The summed E-state index contributed by atoms with van der Waals surface area (Å²) in [5.41, 5.74) is 6.28. The number of thioether (sulfide) groups is 1. The fourth-order valence-electron chi connectivity index (χ4n) is 2.68. The van der Waals surface area contributed by atoms with Crippen LogP contribution in [0.25, 0.3) is 0 Å². The number of rotatable bonds is 2. The lowest BCUT2D eigenvalue weighted by Crippen LogP contribution is -2.56. The molecule has 0 bridgehead atoms. The molecule has 2 fully saturated rings. The van der Waals surface area contributed by atoms with Gasteiger partial charge < -0.3 is 10.5 Å². The van der Waals surface area contributed by atoms with Gasteiger partial charge in [-0.05, 0) is 19.3 Å². The first-order valence-electron chi connectivity index (χ1n) is 5.98. The Hall–Kier alpha value is 0.230. The zero-order chi connectivity index (χ0) is 10.6. The maximum absolute atomic E-state index is 6.03. The second-order valence-electron chi connectivity index (χ2n) is 4.49. The Labute approximate surface area is 96.7 Å². The maximum atomic E-state index is 6.03. The number of nitrogens with two attached hydrogens (primary N) is 1. The normalized spacial score (nSPS) is 35.0. The van der Waals surface area contributed by atoms with Crippen molar-refractivity contribution < 1.29 is 4.74 Å². The quantitative estimate of drug-likeness (QED) is 0.766. The summed E-state index contributed by atoms with van der Waals surface area (Å²) in [5, 5.41) is 0. The van der Waals surface area contributed by atoms with Gasteiger partial charge in [0.25, 0.3) is 0 Å². The molecule has 4 heteroatoms. The molecule has 15 heavy (non-hydrogen) atoms. The van der Waals surface area contributed by atoms with Gasteiger partial charge in [0.2, 0.25) is 0 Å². The Kier molecular flexibility index (Phi) is 4.31. The van der Waals surface area contributed by atoms with E-state index in [9.17, 15) is 0 Å². The monoisotopic (exact) mass is 230 g/mol. The van der Waals surface area contributed by atoms with E-state index in [2.05, 4.69) is 16.7 Å². The lowest BCUT2D eigenvalue weighted by Gasteiger charge is -2.44. The molecule has 0 saturated carbocycles. The molecular formula is C11H22N2OS. The lowest BCUT2D eigenvalue weighted by molar-refractivity contribution is 0.0758. The van der Waals surface area contributed by atoms with Gasteiger partial charge in [-0.3, -0.25) is 4.90 Å². The highest BCUT2D eigenvalue weighted by molar-refractivity contribution is 7.99. The van der Waals surface area contributed by atoms with Crippen molar-refractivity contribution in [3.63, 3.8) is 0 Å². The molecule has 0 amide bonds. The molecule has 88 valence electrons. The van der Waals surface area contributed by atoms with Gasteiger partial charge in [-0.25, -0.2) is 0 Å². The third-order valence-electron chi connectivity index (χ3n) is 3.70. The van der Waals surface area contributed by atoms with Crippen LogP contribution < -0.4 is 5.73 Å². The fraction of sp³-hybridized carbons (Fsp3) is 1.00. The average Bonchev–Trinajstić information content (AvgIpc) is 2.56. The summed E-state index contributed by atoms with van der Waals surface area (Å²) in [4.78, 5) is 2.62. The molecule has 2 heterocycles. The zero-order valence-corrected chi connectivity index (χ0v) is 10.2. The Morgan fingerprint density at radius 2 is 2.00 bits per heavy atom. The molecule has 0 spiro atoms. The second-order valence-corrected chi connectivity index (χ2v) is 5.72. The van der Waals surface area contributed by atoms with E-state index in [4.69, 9.17) is 10.5 Å². The highest BCUT2D eigenvalue weighted by Crippen LogP contribution is 2.29. The van der Waals surface area contributed by atoms with E-state index in [1.807, 2.05) is 0 Å². The fourth-order valence-corrected chi connectivity index (χ4v) is 3.58. The van der Waals surface area contributed by atoms with Crippen molar-refractivity contribution in [1.82, 2.24) is 4.90 Å². The van der Waals surface area contributed by atoms with Crippen molar-refractivity contribution in [1.29, 1.82) is 0 Å². The standard InChI is InChI=1S/C11H22N2OS/c12-10-11(2-1-6-14-7-3-11)13-4-8-15-9-5-13/h1-10,12H2. The summed E-state index contributed by atoms with van der Waals surface area (Å²) in [5.74, 6) is 2.53. The van der Waals surface area contributed by atoms with E-state index in [1.165, 1.54) is 37.4 Å². The summed E-state index contributed by atoms with van der Waals surface area (Å²) in [6.07, 6.45) is 3.50. The minimum atomic E-state index is 0.248. The molecule has 1 unspecified atom stereocenters. The van der Waals surface area contributed by atoms with Crippen molar-refractivity contribution in [3.05, 3.63) is 0 Å². The van der Waals surface area contributed by atoms with Gasteiger partial charge in [-0.1, -0.05) is 0 Å². The molecule has 0 aromatic carbocycles. The highest BCUT2D eigenvalue weighted by atomic mass is 32.2. The van der Waals surface area contributed by atoms with Crippen molar-refractivity contribution in [2.24, 2.45) is 5.73 Å². The van der Waals surface area contributed by atoms with E-state index in [0.717, 1.165) is 26.2 Å². The molecule has 0 aromatic rings. The van der Waals surface area contributed by atoms with Crippen LogP contribution >= 0.6 is 11.8 Å².